The van der Waals surface area contributed by atoms with E-state index in [-0.39, 0.29) is 19.0 Å². The highest BCUT2D eigenvalue weighted by molar-refractivity contribution is 6.30. The first-order valence-corrected chi connectivity index (χ1v) is 9.11. The average Bonchev–Trinajstić information content (AvgIpc) is 2.98. The van der Waals surface area contributed by atoms with Gasteiger partial charge >= 0.3 is 6.18 Å². The zero-order valence-electron chi connectivity index (χ0n) is 15.6. The van der Waals surface area contributed by atoms with Crippen LogP contribution in [0.4, 0.5) is 24.7 Å². The van der Waals surface area contributed by atoms with E-state index >= 15 is 0 Å². The summed E-state index contributed by atoms with van der Waals surface area (Å²) >= 11 is 5.88. The van der Waals surface area contributed by atoms with Crippen LogP contribution in [0.15, 0.2) is 36.5 Å². The topological polar surface area (TPSA) is 72.5 Å². The number of nitrogens with one attached hydrogen (secondary N) is 2. The summed E-state index contributed by atoms with van der Waals surface area (Å²) < 4.78 is 51.5. The minimum absolute atomic E-state index is 0.0159. The number of ether oxygens (including phenoxy) is 2. The molecular weight excluding hydrogens is 411 g/mol. The lowest BCUT2D eigenvalue weighted by Gasteiger charge is -2.18. The Morgan fingerprint density at radius 3 is 2.72 bits per heavy atom. The van der Waals surface area contributed by atoms with E-state index in [2.05, 4.69) is 15.6 Å². The summed E-state index contributed by atoms with van der Waals surface area (Å²) in [4.78, 5) is 16.3. The quantitative estimate of drug-likeness (QED) is 0.738. The third-order valence-corrected chi connectivity index (χ3v) is 4.34. The molecular formula is C19H19ClF3N3O3. The molecule has 6 nitrogen and oxygen atoms in total. The number of alkyl halides is 3. The molecule has 29 heavy (non-hydrogen) atoms. The van der Waals surface area contributed by atoms with E-state index in [1.165, 1.54) is 0 Å². The number of halogens is 4. The molecule has 0 aliphatic carbocycles. The number of aromatic nitrogens is 1. The predicted octanol–water partition coefficient (Wildman–Crippen LogP) is 4.38. The second-order valence-electron chi connectivity index (χ2n) is 6.91. The number of pyridine rings is 1. The highest BCUT2D eigenvalue weighted by atomic mass is 35.5. The molecule has 0 saturated carbocycles. The van der Waals surface area contributed by atoms with Crippen molar-refractivity contribution in [2.75, 3.05) is 18.5 Å². The van der Waals surface area contributed by atoms with Crippen LogP contribution < -0.4 is 10.6 Å². The molecule has 1 saturated heterocycles. The summed E-state index contributed by atoms with van der Waals surface area (Å²) in [6.07, 6.45) is -4.30. The molecule has 1 aromatic carbocycles. The highest BCUT2D eigenvalue weighted by Crippen LogP contribution is 2.34. The largest absolute Gasteiger partial charge is 0.417 e. The third kappa shape index (κ3) is 5.59. The molecule has 0 radical (unpaired) electrons. The lowest BCUT2D eigenvalue weighted by atomic mass is 10.1. The molecule has 10 heteroatoms. The number of amides is 1. The highest BCUT2D eigenvalue weighted by Gasteiger charge is 2.37. The van der Waals surface area contributed by atoms with Gasteiger partial charge in [-0.2, -0.15) is 13.2 Å². The Morgan fingerprint density at radius 1 is 1.34 bits per heavy atom. The van der Waals surface area contributed by atoms with Crippen molar-refractivity contribution in [3.05, 3.63) is 52.7 Å². The SMILES string of the molecule is CC1(C)OCC(CNC(=O)c2cnc(Nc3cccc(Cl)c3)cc2C(F)(F)F)O1. The number of nitrogens with zero attached hydrogens (tertiary/aromatic N) is 1. The average molecular weight is 430 g/mol. The van der Waals surface area contributed by atoms with Crippen molar-refractivity contribution in [1.29, 1.82) is 0 Å². The molecule has 1 atom stereocenters. The molecule has 1 aromatic heterocycles. The molecule has 3 rings (SSSR count). The molecule has 2 aromatic rings. The van der Waals surface area contributed by atoms with Crippen molar-refractivity contribution in [3.63, 3.8) is 0 Å². The predicted molar refractivity (Wildman–Crippen MR) is 101 cm³/mol. The van der Waals surface area contributed by atoms with Gasteiger partial charge in [0.1, 0.15) is 11.9 Å². The van der Waals surface area contributed by atoms with Gasteiger partial charge in [0.05, 0.1) is 17.7 Å². The van der Waals surface area contributed by atoms with E-state index < -0.39 is 35.1 Å². The van der Waals surface area contributed by atoms with E-state index in [9.17, 15) is 18.0 Å². The van der Waals surface area contributed by atoms with Crippen LogP contribution in [0, 0.1) is 0 Å². The third-order valence-electron chi connectivity index (χ3n) is 4.11. The molecule has 1 fully saturated rings. The second-order valence-corrected chi connectivity index (χ2v) is 7.35. The zero-order chi connectivity index (χ0) is 21.2. The maximum atomic E-state index is 13.5. The van der Waals surface area contributed by atoms with E-state index in [0.717, 1.165) is 12.3 Å². The van der Waals surface area contributed by atoms with Gasteiger partial charge in [-0.15, -0.1) is 0 Å². The van der Waals surface area contributed by atoms with E-state index in [4.69, 9.17) is 21.1 Å². The van der Waals surface area contributed by atoms with Crippen molar-refractivity contribution in [2.45, 2.75) is 31.9 Å². The number of carbonyl (C=O) groups is 1. The maximum absolute atomic E-state index is 13.5. The van der Waals surface area contributed by atoms with Crippen molar-refractivity contribution in [2.24, 2.45) is 0 Å². The fraction of sp³-hybridized carbons (Fsp3) is 0.368. The monoisotopic (exact) mass is 429 g/mol. The summed E-state index contributed by atoms with van der Waals surface area (Å²) in [6, 6.07) is 7.24. The first-order chi connectivity index (χ1) is 13.5. The standard InChI is InChI=1S/C19H19ClF3N3O3/c1-18(2)28-10-13(29-18)8-25-17(27)14-9-24-16(7-15(14)19(21,22)23)26-12-5-3-4-11(20)6-12/h3-7,9,13H,8,10H2,1-2H3,(H,24,26)(H,25,27). The smallest absolute Gasteiger partial charge is 0.349 e. The number of anilines is 2. The van der Waals surface area contributed by atoms with Crippen LogP contribution in [0.5, 0.6) is 0 Å². The first kappa shape index (κ1) is 21.4. The molecule has 1 amide bonds. The number of benzene rings is 1. The second kappa shape index (κ2) is 8.17. The van der Waals surface area contributed by atoms with E-state index in [1.54, 1.807) is 38.1 Å². The lowest BCUT2D eigenvalue weighted by molar-refractivity contribution is -0.138. The molecule has 156 valence electrons. The normalized spacial score (nSPS) is 18.5. The first-order valence-electron chi connectivity index (χ1n) is 8.73. The molecule has 0 bridgehead atoms. The molecule has 0 spiro atoms. The zero-order valence-corrected chi connectivity index (χ0v) is 16.4. The van der Waals surface area contributed by atoms with E-state index in [1.807, 2.05) is 0 Å². The Balaban J connectivity index is 1.76. The van der Waals surface area contributed by atoms with Crippen molar-refractivity contribution in [3.8, 4) is 0 Å². The van der Waals surface area contributed by atoms with Crippen LogP contribution in [0.25, 0.3) is 0 Å². The number of hydrogen-bond acceptors (Lipinski definition) is 5. The molecule has 1 unspecified atom stereocenters. The van der Waals surface area contributed by atoms with Crippen molar-refractivity contribution < 1.29 is 27.4 Å². The van der Waals surface area contributed by atoms with Crippen LogP contribution in [0.3, 0.4) is 0 Å². The minimum Gasteiger partial charge on any atom is -0.349 e. The Bertz CT molecular complexity index is 906. The molecule has 1 aliphatic rings. The van der Waals surface area contributed by atoms with Gasteiger partial charge in [0.15, 0.2) is 5.79 Å². The summed E-state index contributed by atoms with van der Waals surface area (Å²) in [5.41, 5.74) is -1.21. The molecule has 2 heterocycles. The fourth-order valence-corrected chi connectivity index (χ4v) is 3.01. The van der Waals surface area contributed by atoms with Crippen molar-refractivity contribution >= 4 is 29.0 Å². The van der Waals surface area contributed by atoms with Gasteiger partial charge in [-0.3, -0.25) is 4.79 Å². The van der Waals surface area contributed by atoms with Gasteiger partial charge in [0, 0.05) is 23.5 Å². The van der Waals surface area contributed by atoms with Gasteiger partial charge in [-0.1, -0.05) is 17.7 Å². The van der Waals surface area contributed by atoms with Gasteiger partial charge in [-0.05, 0) is 38.1 Å². The summed E-state index contributed by atoms with van der Waals surface area (Å²) in [7, 11) is 0. The Hall–Kier alpha value is -2.36. The Morgan fingerprint density at radius 2 is 2.10 bits per heavy atom. The maximum Gasteiger partial charge on any atom is 0.417 e. The Labute approximate surface area is 170 Å². The van der Waals surface area contributed by atoms with Crippen LogP contribution >= 0.6 is 11.6 Å². The summed E-state index contributed by atoms with van der Waals surface area (Å²) in [5, 5.41) is 5.61. The fourth-order valence-electron chi connectivity index (χ4n) is 2.82. The minimum atomic E-state index is -4.74. The summed E-state index contributed by atoms with van der Waals surface area (Å²) in [6.45, 7) is 3.68. The number of carbonyl (C=O) groups excluding carboxylic acids is 1. The molecule has 1 aliphatic heterocycles. The van der Waals surface area contributed by atoms with Crippen LogP contribution in [0.2, 0.25) is 5.02 Å². The number of hydrogen-bond donors (Lipinski definition) is 2. The lowest BCUT2D eigenvalue weighted by Crippen LogP contribution is -2.35. The Kier molecular flexibility index (Phi) is 6.02. The number of rotatable bonds is 5. The van der Waals surface area contributed by atoms with Crippen LogP contribution in [0.1, 0.15) is 29.8 Å². The van der Waals surface area contributed by atoms with Crippen molar-refractivity contribution in [1.82, 2.24) is 10.3 Å². The van der Waals surface area contributed by atoms with Gasteiger partial charge < -0.3 is 20.1 Å². The van der Waals surface area contributed by atoms with Gasteiger partial charge in [0.2, 0.25) is 0 Å². The van der Waals surface area contributed by atoms with Gasteiger partial charge in [-0.25, -0.2) is 4.98 Å². The van der Waals surface area contributed by atoms with E-state index in [0.29, 0.717) is 10.7 Å². The van der Waals surface area contributed by atoms with Crippen LogP contribution in [-0.2, 0) is 15.7 Å². The van der Waals surface area contributed by atoms with Gasteiger partial charge in [0.25, 0.3) is 5.91 Å². The summed E-state index contributed by atoms with van der Waals surface area (Å²) in [5.74, 6) is -1.75. The molecule has 2 N–H and O–H groups in total. The van der Waals surface area contributed by atoms with Crippen LogP contribution in [-0.4, -0.2) is 35.9 Å².